The summed E-state index contributed by atoms with van der Waals surface area (Å²) >= 11 is 4.75. The number of hydrogen-bond acceptors (Lipinski definition) is 0. The molecule has 53 valence electrons. The lowest BCUT2D eigenvalue weighted by molar-refractivity contribution is -0.0937. The SMILES string of the molecule is CC/C(=[C]\Cl)C(F)(F)F. The van der Waals surface area contributed by atoms with Gasteiger partial charge in [0, 0.05) is 0 Å². The molecule has 0 saturated heterocycles. The van der Waals surface area contributed by atoms with Gasteiger partial charge in [-0.25, -0.2) is 0 Å². The zero-order valence-corrected chi connectivity index (χ0v) is 5.47. The van der Waals surface area contributed by atoms with Gasteiger partial charge in [0.15, 0.2) is 0 Å². The minimum Gasteiger partial charge on any atom is -0.166 e. The summed E-state index contributed by atoms with van der Waals surface area (Å²) in [6, 6.07) is 0. The predicted octanol–water partition coefficient (Wildman–Crippen LogP) is 2.88. The van der Waals surface area contributed by atoms with Gasteiger partial charge in [-0.1, -0.05) is 18.5 Å². The third-order valence-corrected chi connectivity index (χ3v) is 1.04. The monoisotopic (exact) mass is 157 g/mol. The van der Waals surface area contributed by atoms with Gasteiger partial charge in [0.1, 0.15) is 0 Å². The second-order valence-corrected chi connectivity index (χ2v) is 1.61. The highest BCUT2D eigenvalue weighted by molar-refractivity contribution is 6.22. The molecule has 0 spiro atoms. The molecule has 0 amide bonds. The molecule has 9 heavy (non-hydrogen) atoms. The van der Waals surface area contributed by atoms with Crippen LogP contribution < -0.4 is 0 Å². The molecular weight excluding hydrogens is 153 g/mol. The van der Waals surface area contributed by atoms with Gasteiger partial charge in [-0.05, 0) is 6.42 Å². The fourth-order valence-corrected chi connectivity index (χ4v) is 0.562. The molecule has 0 rings (SSSR count). The minimum atomic E-state index is -4.31. The quantitative estimate of drug-likeness (QED) is 0.549. The Morgan fingerprint density at radius 1 is 1.56 bits per heavy atom. The molecule has 0 N–H and O–H groups in total. The Morgan fingerprint density at radius 2 is 2.00 bits per heavy atom. The van der Waals surface area contributed by atoms with Gasteiger partial charge in [-0.2, -0.15) is 13.2 Å². The van der Waals surface area contributed by atoms with E-state index in [-0.39, 0.29) is 6.42 Å². The van der Waals surface area contributed by atoms with E-state index in [1.807, 2.05) is 0 Å². The van der Waals surface area contributed by atoms with E-state index in [2.05, 4.69) is 0 Å². The molecule has 0 heterocycles. The molecule has 0 atom stereocenters. The van der Waals surface area contributed by atoms with Crippen molar-refractivity contribution in [2.75, 3.05) is 0 Å². The maximum atomic E-state index is 11.5. The van der Waals surface area contributed by atoms with Crippen LogP contribution in [-0.2, 0) is 0 Å². The van der Waals surface area contributed by atoms with Crippen molar-refractivity contribution in [3.63, 3.8) is 0 Å². The van der Waals surface area contributed by atoms with Crippen molar-refractivity contribution in [1.82, 2.24) is 0 Å². The fourth-order valence-electron chi connectivity index (χ4n) is 0.321. The van der Waals surface area contributed by atoms with Crippen molar-refractivity contribution in [1.29, 1.82) is 0 Å². The van der Waals surface area contributed by atoms with E-state index >= 15 is 0 Å². The molecular formula is C5H5ClF3. The zero-order valence-electron chi connectivity index (χ0n) is 4.72. The predicted molar refractivity (Wildman–Crippen MR) is 29.0 cm³/mol. The number of allylic oxidation sites excluding steroid dienone is 1. The lowest BCUT2D eigenvalue weighted by Gasteiger charge is -2.05. The number of hydrogen-bond donors (Lipinski definition) is 0. The highest BCUT2D eigenvalue weighted by Gasteiger charge is 2.31. The van der Waals surface area contributed by atoms with Gasteiger partial charge in [-0.15, -0.1) is 0 Å². The molecule has 0 unspecified atom stereocenters. The summed E-state index contributed by atoms with van der Waals surface area (Å²) in [4.78, 5) is 0. The van der Waals surface area contributed by atoms with E-state index in [4.69, 9.17) is 11.6 Å². The molecule has 4 heteroatoms. The smallest absolute Gasteiger partial charge is 0.166 e. The summed E-state index contributed by atoms with van der Waals surface area (Å²) < 4.78 is 34.6. The summed E-state index contributed by atoms with van der Waals surface area (Å²) in [7, 11) is 0. The molecule has 0 aliphatic heterocycles. The maximum Gasteiger partial charge on any atom is 0.414 e. The first-order valence-corrected chi connectivity index (χ1v) is 2.69. The van der Waals surface area contributed by atoms with Gasteiger partial charge in [0.05, 0.1) is 11.1 Å². The Balaban J connectivity index is 4.14. The van der Waals surface area contributed by atoms with Crippen LogP contribution in [0.3, 0.4) is 0 Å². The minimum absolute atomic E-state index is 0.132. The maximum absolute atomic E-state index is 11.5. The number of alkyl halides is 3. The van der Waals surface area contributed by atoms with Gasteiger partial charge in [0.2, 0.25) is 0 Å². The second kappa shape index (κ2) is 3.11. The summed E-state index contributed by atoms with van der Waals surface area (Å²) in [5, 5.41) is 0. The van der Waals surface area contributed by atoms with Crippen LogP contribution in [0.15, 0.2) is 5.57 Å². The van der Waals surface area contributed by atoms with Crippen LogP contribution >= 0.6 is 11.6 Å². The molecule has 0 aliphatic rings. The Kier molecular flexibility index (Phi) is 3.04. The average molecular weight is 158 g/mol. The van der Waals surface area contributed by atoms with Crippen LogP contribution in [0.5, 0.6) is 0 Å². The van der Waals surface area contributed by atoms with Crippen molar-refractivity contribution in [2.24, 2.45) is 0 Å². The number of halogens is 4. The van der Waals surface area contributed by atoms with Crippen LogP contribution in [-0.4, -0.2) is 6.18 Å². The average Bonchev–Trinajstić information content (AvgIpc) is 1.65. The molecule has 0 bridgehead atoms. The number of rotatable bonds is 1. The first kappa shape index (κ1) is 8.82. The summed E-state index contributed by atoms with van der Waals surface area (Å²) in [5.74, 6) is 0. The van der Waals surface area contributed by atoms with Gasteiger partial charge < -0.3 is 0 Å². The van der Waals surface area contributed by atoms with Crippen molar-refractivity contribution in [3.05, 3.63) is 11.1 Å². The van der Waals surface area contributed by atoms with Crippen LogP contribution in [0.1, 0.15) is 13.3 Å². The Hall–Kier alpha value is -0.180. The van der Waals surface area contributed by atoms with E-state index in [0.717, 1.165) is 0 Å². The fraction of sp³-hybridized carbons (Fsp3) is 0.600. The van der Waals surface area contributed by atoms with Gasteiger partial charge in [-0.3, -0.25) is 0 Å². The molecule has 0 aromatic carbocycles. The van der Waals surface area contributed by atoms with Gasteiger partial charge >= 0.3 is 6.18 Å². The van der Waals surface area contributed by atoms with E-state index in [9.17, 15) is 13.2 Å². The van der Waals surface area contributed by atoms with Gasteiger partial charge in [0.25, 0.3) is 0 Å². The summed E-state index contributed by atoms with van der Waals surface area (Å²) in [6.45, 7) is 1.37. The molecule has 0 fully saturated rings. The van der Waals surface area contributed by atoms with Crippen LogP contribution in [0, 0.1) is 5.54 Å². The van der Waals surface area contributed by atoms with E-state index in [0.29, 0.717) is 0 Å². The Morgan fingerprint density at radius 3 is 2.00 bits per heavy atom. The second-order valence-electron chi connectivity index (χ2n) is 1.42. The Labute approximate surface area is 56.3 Å². The van der Waals surface area contributed by atoms with Crippen molar-refractivity contribution in [3.8, 4) is 0 Å². The molecule has 0 aromatic heterocycles. The third kappa shape index (κ3) is 2.75. The summed E-state index contributed by atoms with van der Waals surface area (Å²) in [6.07, 6.45) is -4.44. The van der Waals surface area contributed by atoms with Crippen LogP contribution in [0.25, 0.3) is 0 Å². The van der Waals surface area contributed by atoms with Crippen LogP contribution in [0.4, 0.5) is 13.2 Å². The van der Waals surface area contributed by atoms with E-state index in [1.54, 1.807) is 5.54 Å². The summed E-state index contributed by atoms with van der Waals surface area (Å²) in [5.41, 5.74) is 0.740. The third-order valence-electron chi connectivity index (χ3n) is 0.810. The standard InChI is InChI=1S/C5H5ClF3/c1-2-4(3-6)5(7,8)9/h2H2,1H3. The molecule has 0 aliphatic carbocycles. The Bertz CT molecular complexity index is 114. The van der Waals surface area contributed by atoms with Crippen molar-refractivity contribution in [2.45, 2.75) is 19.5 Å². The highest BCUT2D eigenvalue weighted by Crippen LogP contribution is 2.27. The highest BCUT2D eigenvalue weighted by atomic mass is 35.5. The zero-order chi connectivity index (χ0) is 7.49. The molecule has 1 radical (unpaired) electrons. The van der Waals surface area contributed by atoms with Crippen LogP contribution in [0.2, 0.25) is 0 Å². The topological polar surface area (TPSA) is 0 Å². The molecule has 0 aromatic rings. The molecule has 0 nitrogen and oxygen atoms in total. The lowest BCUT2D eigenvalue weighted by atomic mass is 10.2. The van der Waals surface area contributed by atoms with Crippen molar-refractivity contribution < 1.29 is 13.2 Å². The molecule has 0 saturated carbocycles. The first-order valence-electron chi connectivity index (χ1n) is 2.32. The largest absolute Gasteiger partial charge is 0.414 e. The normalized spacial score (nSPS) is 14.1. The first-order chi connectivity index (χ1) is 4.02. The van der Waals surface area contributed by atoms with Crippen molar-refractivity contribution >= 4 is 11.6 Å². The van der Waals surface area contributed by atoms with E-state index < -0.39 is 11.7 Å². The lowest BCUT2D eigenvalue weighted by Crippen LogP contribution is -2.10. The van der Waals surface area contributed by atoms with E-state index in [1.165, 1.54) is 6.92 Å².